The van der Waals surface area contributed by atoms with E-state index >= 15 is 8.78 Å². The summed E-state index contributed by atoms with van der Waals surface area (Å²) < 4.78 is 52.1. The Hall–Kier alpha value is -3.44. The van der Waals surface area contributed by atoms with Crippen molar-refractivity contribution >= 4 is 17.3 Å². The number of Topliss-reactive ketones (excluding diaryl/α,β-unsaturated/α-hetero) is 1. The van der Waals surface area contributed by atoms with Gasteiger partial charge in [0.1, 0.15) is 24.3 Å². The normalized spacial score (nSPS) is 42.1. The third-order valence-electron chi connectivity index (χ3n) is 11.2. The molecule has 0 aromatic heterocycles. The summed E-state index contributed by atoms with van der Waals surface area (Å²) in [5, 5.41) is 21.8. The van der Waals surface area contributed by atoms with E-state index in [0.717, 1.165) is 6.08 Å². The summed E-state index contributed by atoms with van der Waals surface area (Å²) >= 11 is 0. The number of nitrogens with two attached hydrogens (primary N) is 1. The van der Waals surface area contributed by atoms with Crippen molar-refractivity contribution in [3.63, 3.8) is 0 Å². The molecular weight excluding hydrogens is 572 g/mol. The predicted molar refractivity (Wildman–Crippen MR) is 155 cm³/mol. The minimum absolute atomic E-state index is 0.0291. The maximum absolute atomic E-state index is 17.5. The van der Waals surface area contributed by atoms with Crippen LogP contribution in [0, 0.1) is 22.7 Å². The SMILES string of the molecule is C[C@]12C=CC(=O)C=C1[C@@H](F)C[C@H]1C3C[C@H]4O[C@H](c5ccc(Oc6cccc(N)c6)cc5)O[C@@]4(C(=O)CO)[C@@]3(C)C[C@H](O)[C@@]12F. The van der Waals surface area contributed by atoms with Gasteiger partial charge in [-0.2, -0.15) is 0 Å². The molecule has 10 atom stereocenters. The van der Waals surface area contributed by atoms with Crippen LogP contribution >= 0.6 is 0 Å². The smallest absolute Gasteiger partial charge is 0.193 e. The van der Waals surface area contributed by atoms with Crippen molar-refractivity contribution in [1.29, 1.82) is 0 Å². The molecule has 1 saturated heterocycles. The van der Waals surface area contributed by atoms with E-state index in [1.54, 1.807) is 55.5 Å². The zero-order chi connectivity index (χ0) is 31.2. The maximum Gasteiger partial charge on any atom is 0.193 e. The summed E-state index contributed by atoms with van der Waals surface area (Å²) in [6, 6.07) is 13.9. The zero-order valence-corrected chi connectivity index (χ0v) is 24.4. The second-order valence-corrected chi connectivity index (χ2v) is 13.2. The first-order valence-corrected chi connectivity index (χ1v) is 14.9. The molecule has 2 aromatic rings. The number of allylic oxidation sites excluding steroid dienone is 4. The Kier molecular flexibility index (Phi) is 6.51. The molecule has 4 aliphatic carbocycles. The van der Waals surface area contributed by atoms with Crippen molar-refractivity contribution in [3.8, 4) is 11.5 Å². The van der Waals surface area contributed by atoms with Gasteiger partial charge in [0.2, 0.25) is 0 Å². The third-order valence-corrected chi connectivity index (χ3v) is 11.2. The number of alkyl halides is 2. The first-order valence-electron chi connectivity index (χ1n) is 14.9. The third kappa shape index (κ3) is 3.74. The number of hydrogen-bond acceptors (Lipinski definition) is 8. The van der Waals surface area contributed by atoms with Crippen molar-refractivity contribution in [2.24, 2.45) is 22.7 Å². The van der Waals surface area contributed by atoms with Gasteiger partial charge in [-0.1, -0.05) is 31.2 Å². The number of aliphatic hydroxyl groups is 2. The Morgan fingerprint density at radius 1 is 1.11 bits per heavy atom. The number of hydrogen-bond donors (Lipinski definition) is 3. The van der Waals surface area contributed by atoms with Crippen LogP contribution in [0.2, 0.25) is 0 Å². The van der Waals surface area contributed by atoms with Crippen LogP contribution in [0.15, 0.2) is 72.3 Å². The topological polar surface area (TPSA) is 128 Å². The average Bonchev–Trinajstić information content (AvgIpc) is 3.49. The van der Waals surface area contributed by atoms with Crippen molar-refractivity contribution < 1.29 is 42.8 Å². The summed E-state index contributed by atoms with van der Waals surface area (Å²) in [6.45, 7) is 2.44. The summed E-state index contributed by atoms with van der Waals surface area (Å²) in [4.78, 5) is 25.8. The average molecular weight is 608 g/mol. The Morgan fingerprint density at radius 3 is 2.57 bits per heavy atom. The number of benzene rings is 2. The highest BCUT2D eigenvalue weighted by Gasteiger charge is 2.80. The van der Waals surface area contributed by atoms with E-state index in [4.69, 9.17) is 19.9 Å². The molecular formula is C34H35F2NO7. The van der Waals surface area contributed by atoms with Gasteiger partial charge in [-0.05, 0) is 74.1 Å². The van der Waals surface area contributed by atoms with Crippen LogP contribution in [0.1, 0.15) is 45.0 Å². The first kappa shape index (κ1) is 29.3. The Bertz CT molecular complexity index is 1590. The fourth-order valence-corrected chi connectivity index (χ4v) is 9.12. The van der Waals surface area contributed by atoms with Crippen molar-refractivity contribution in [1.82, 2.24) is 0 Å². The Morgan fingerprint density at radius 2 is 1.86 bits per heavy atom. The fraction of sp³-hybridized carbons (Fsp3) is 0.471. The lowest BCUT2D eigenvalue weighted by Crippen LogP contribution is -2.70. The number of ether oxygens (including phenoxy) is 3. The van der Waals surface area contributed by atoms with Crippen molar-refractivity contribution in [2.45, 2.75) is 69.0 Å². The lowest BCUT2D eigenvalue weighted by atomic mass is 9.44. The van der Waals surface area contributed by atoms with Crippen molar-refractivity contribution in [3.05, 3.63) is 77.9 Å². The Balaban J connectivity index is 1.21. The van der Waals surface area contributed by atoms with Gasteiger partial charge in [0.05, 0.1) is 12.2 Å². The zero-order valence-electron chi connectivity index (χ0n) is 24.4. The molecule has 0 spiro atoms. The molecule has 1 heterocycles. The molecule has 44 heavy (non-hydrogen) atoms. The minimum atomic E-state index is -2.30. The molecule has 3 saturated carbocycles. The van der Waals surface area contributed by atoms with Gasteiger partial charge in [-0.25, -0.2) is 8.78 Å². The molecule has 4 N–H and O–H groups in total. The number of ketones is 2. The maximum atomic E-state index is 17.5. The quantitative estimate of drug-likeness (QED) is 0.418. The number of carbonyl (C=O) groups excluding carboxylic acids is 2. The monoisotopic (exact) mass is 607 g/mol. The van der Waals surface area contributed by atoms with Crippen LogP contribution in [0.5, 0.6) is 11.5 Å². The number of nitrogen functional groups attached to an aromatic ring is 1. The molecule has 1 unspecified atom stereocenters. The van der Waals surface area contributed by atoms with E-state index in [9.17, 15) is 19.8 Å². The van der Waals surface area contributed by atoms with E-state index < -0.39 is 76.8 Å². The molecule has 0 radical (unpaired) electrons. The number of fused-ring (bicyclic) bond motifs is 7. The Labute approximate surface area is 253 Å². The molecule has 0 amide bonds. The van der Waals surface area contributed by atoms with Gasteiger partial charge >= 0.3 is 0 Å². The highest BCUT2D eigenvalue weighted by molar-refractivity contribution is 6.01. The minimum Gasteiger partial charge on any atom is -0.457 e. The van der Waals surface area contributed by atoms with Gasteiger partial charge in [0.25, 0.3) is 0 Å². The van der Waals surface area contributed by atoms with Crippen LogP contribution in [-0.4, -0.2) is 58.0 Å². The number of carbonyl (C=O) groups is 2. The first-order chi connectivity index (χ1) is 20.9. The van der Waals surface area contributed by atoms with Crippen molar-refractivity contribution in [2.75, 3.05) is 12.3 Å². The van der Waals surface area contributed by atoms with E-state index in [1.807, 2.05) is 0 Å². The predicted octanol–water partition coefficient (Wildman–Crippen LogP) is 4.70. The van der Waals surface area contributed by atoms with E-state index in [1.165, 1.54) is 19.1 Å². The van der Waals surface area contributed by atoms with E-state index in [2.05, 4.69) is 0 Å². The molecule has 232 valence electrons. The van der Waals surface area contributed by atoms with Crippen LogP contribution in [0.4, 0.5) is 14.5 Å². The second kappa shape index (κ2) is 9.78. The van der Waals surface area contributed by atoms with Gasteiger partial charge in [-0.15, -0.1) is 0 Å². The standard InChI is InChI=1S/C34H35F2NO7/c1-31-11-10-20(39)13-25(31)26(35)14-24-23-15-29-34(28(41)17-38,32(23,2)16-27(40)33(24,31)36)44-30(43-29)18-6-8-21(9-7-18)42-22-5-3-4-19(37)12-22/h3-13,23-24,26-27,29-30,38,40H,14-17,37H2,1-2H3/t23?,24-,26-,27-,29+,30-,31-,32-,33-,34+/m0/s1. The molecule has 4 fully saturated rings. The number of halogens is 2. The number of rotatable bonds is 5. The lowest BCUT2D eigenvalue weighted by molar-refractivity contribution is -0.235. The molecule has 8 nitrogen and oxygen atoms in total. The molecule has 5 aliphatic rings. The van der Waals surface area contributed by atoms with Crippen LogP contribution in [-0.2, 0) is 19.1 Å². The molecule has 10 heteroatoms. The van der Waals surface area contributed by atoms with E-state index in [-0.39, 0.29) is 24.8 Å². The van der Waals surface area contributed by atoms with Crippen LogP contribution in [0.3, 0.4) is 0 Å². The lowest BCUT2D eigenvalue weighted by Gasteiger charge is -2.63. The van der Waals surface area contributed by atoms with Gasteiger partial charge in [-0.3, -0.25) is 9.59 Å². The molecule has 2 aromatic carbocycles. The molecule has 0 bridgehead atoms. The summed E-state index contributed by atoms with van der Waals surface area (Å²) in [6.07, 6.45) is -1.59. The van der Waals surface area contributed by atoms with Gasteiger partial charge < -0.3 is 30.2 Å². The summed E-state index contributed by atoms with van der Waals surface area (Å²) in [5.74, 6) is -1.56. The van der Waals surface area contributed by atoms with E-state index in [0.29, 0.717) is 22.7 Å². The number of anilines is 1. The summed E-state index contributed by atoms with van der Waals surface area (Å²) in [5.41, 5.74) is 0.297. The number of aliphatic hydroxyl groups excluding tert-OH is 2. The van der Waals surface area contributed by atoms with Crippen LogP contribution < -0.4 is 10.5 Å². The molecule has 7 rings (SSSR count). The fourth-order valence-electron chi connectivity index (χ4n) is 9.12. The highest BCUT2D eigenvalue weighted by atomic mass is 19.1. The molecule has 1 aliphatic heterocycles. The second-order valence-electron chi connectivity index (χ2n) is 13.2. The van der Waals surface area contributed by atoms with Crippen LogP contribution in [0.25, 0.3) is 0 Å². The largest absolute Gasteiger partial charge is 0.457 e. The van der Waals surface area contributed by atoms with Gasteiger partial charge in [0, 0.05) is 34.1 Å². The highest BCUT2D eigenvalue weighted by Crippen LogP contribution is 2.72. The van der Waals surface area contributed by atoms with Gasteiger partial charge in [0.15, 0.2) is 29.1 Å². The summed E-state index contributed by atoms with van der Waals surface area (Å²) in [7, 11) is 0.